The van der Waals surface area contributed by atoms with Gasteiger partial charge in [0.2, 0.25) is 0 Å². The van der Waals surface area contributed by atoms with E-state index in [1.54, 1.807) is 13.2 Å². The van der Waals surface area contributed by atoms with Gasteiger partial charge in [0, 0.05) is 41.7 Å². The van der Waals surface area contributed by atoms with E-state index in [1.165, 1.54) is 6.07 Å². The zero-order valence-corrected chi connectivity index (χ0v) is 24.0. The monoisotopic (exact) mass is 558 g/mol. The fourth-order valence-corrected chi connectivity index (χ4v) is 8.73. The molecule has 0 aromatic heterocycles. The first-order chi connectivity index (χ1) is 18.9. The summed E-state index contributed by atoms with van der Waals surface area (Å²) >= 11 is 0. The molecule has 2 bridgehead atoms. The highest BCUT2D eigenvalue weighted by Crippen LogP contribution is 2.68. The lowest BCUT2D eigenvalue weighted by Crippen LogP contribution is -2.63. The fourth-order valence-electron chi connectivity index (χ4n) is 8.73. The molecule has 3 saturated carbocycles. The Kier molecular flexibility index (Phi) is 7.68. The van der Waals surface area contributed by atoms with Crippen LogP contribution in [0.2, 0.25) is 0 Å². The fraction of sp³-hybridized carbons (Fsp3) is 0.700. The number of carbonyl (C=O) groups excluding carboxylic acids is 3. The van der Waals surface area contributed by atoms with Crippen molar-refractivity contribution in [1.82, 2.24) is 0 Å². The molecule has 1 aliphatic heterocycles. The van der Waals surface area contributed by atoms with Gasteiger partial charge in [-0.3, -0.25) is 4.79 Å². The molecule has 3 aliphatic carbocycles. The first-order valence-corrected chi connectivity index (χ1v) is 14.4. The summed E-state index contributed by atoms with van der Waals surface area (Å²) in [6.45, 7) is 7.69. The van der Waals surface area contributed by atoms with Gasteiger partial charge in [-0.05, 0) is 55.1 Å². The van der Waals surface area contributed by atoms with Crippen LogP contribution in [0.25, 0.3) is 0 Å². The molecule has 3 fully saturated rings. The van der Waals surface area contributed by atoms with Crippen molar-refractivity contribution in [2.24, 2.45) is 34.0 Å². The summed E-state index contributed by atoms with van der Waals surface area (Å²) < 4.78 is 37.8. The highest BCUT2D eigenvalue weighted by Gasteiger charge is 2.68. The summed E-state index contributed by atoms with van der Waals surface area (Å²) in [5.41, 5.74) is -1.29. The molecule has 0 spiro atoms. The number of hydrogen-bond donors (Lipinski definition) is 1. The van der Waals surface area contributed by atoms with E-state index in [9.17, 15) is 19.4 Å². The molecule has 8 atom stereocenters. The van der Waals surface area contributed by atoms with Crippen molar-refractivity contribution in [3.8, 4) is 5.75 Å². The van der Waals surface area contributed by atoms with Crippen LogP contribution in [0.3, 0.4) is 0 Å². The van der Waals surface area contributed by atoms with Crippen molar-refractivity contribution in [3.63, 3.8) is 0 Å². The van der Waals surface area contributed by atoms with Gasteiger partial charge >= 0.3 is 13.1 Å². The van der Waals surface area contributed by atoms with Crippen molar-refractivity contribution >= 4 is 30.6 Å². The molecule has 0 saturated heterocycles. The smallest absolute Gasteiger partial charge is 0.479 e. The summed E-state index contributed by atoms with van der Waals surface area (Å²) in [6.07, 6.45) is 3.72. The third-order valence-electron chi connectivity index (χ3n) is 11.2. The Morgan fingerprint density at radius 2 is 1.98 bits per heavy atom. The summed E-state index contributed by atoms with van der Waals surface area (Å²) in [4.78, 5) is 39.2. The molecular weight excluding hydrogens is 518 g/mol. The molecule has 10 heteroatoms. The lowest BCUT2D eigenvalue weighted by atomic mass is 9.44. The Hall–Kier alpha value is -2.30. The molecule has 218 valence electrons. The van der Waals surface area contributed by atoms with Gasteiger partial charge < -0.3 is 28.7 Å². The zero-order valence-electron chi connectivity index (χ0n) is 24.0. The Morgan fingerprint density at radius 1 is 1.25 bits per heavy atom. The summed E-state index contributed by atoms with van der Waals surface area (Å²) in [7, 11) is 0.320. The van der Waals surface area contributed by atoms with Crippen LogP contribution in [0.5, 0.6) is 5.75 Å². The standard InChI is InChI=1S/C30H40BFO8/c1-17-8-10-30-11-9-21(37-5)26(30)29(17,4)22(14-28(3,12-13-33)27(35)18(30)2)40-23(34)16-38-20-7-6-19-15-39-31(36)24(19)25(20)32/h6-7,13,17-18,21-22,26,36H,8-12,14-16H2,1-5H3/t17-,18-,21+,22+,26+,28+,29-,30-/m0/s1. The molecule has 0 radical (unpaired) electrons. The first kappa shape index (κ1) is 29.2. The SMILES string of the molecule is CO[C@@H]1CC[C@@]23CC[C@H](C)[C@@](C)([C@H](OC(=O)COc4ccc5c(c4F)B(O)OC5)C[C@@](C)(CC=O)C(=O)[C@@H]2C)[C@@H]13. The third kappa shape index (κ3) is 4.33. The predicted octanol–water partition coefficient (Wildman–Crippen LogP) is 3.39. The second kappa shape index (κ2) is 10.5. The van der Waals surface area contributed by atoms with Crippen molar-refractivity contribution in [2.45, 2.75) is 85.0 Å². The van der Waals surface area contributed by atoms with Gasteiger partial charge in [-0.2, -0.15) is 0 Å². The first-order valence-electron chi connectivity index (χ1n) is 14.4. The van der Waals surface area contributed by atoms with Crippen LogP contribution in [-0.2, 0) is 35.1 Å². The molecule has 0 unspecified atom stereocenters. The number of rotatable bonds is 7. The molecule has 8 nitrogen and oxygen atoms in total. The number of hydrogen-bond acceptors (Lipinski definition) is 8. The second-order valence-electron chi connectivity index (χ2n) is 12.9. The van der Waals surface area contributed by atoms with Gasteiger partial charge in [-0.1, -0.05) is 33.8 Å². The predicted molar refractivity (Wildman–Crippen MR) is 144 cm³/mol. The largest absolute Gasteiger partial charge is 0.494 e. The van der Waals surface area contributed by atoms with Crippen LogP contribution in [0.15, 0.2) is 12.1 Å². The quantitative estimate of drug-likeness (QED) is 0.308. The number of Topliss-reactive ketones (excluding diaryl/α,β-unsaturated/α-hetero) is 1. The van der Waals surface area contributed by atoms with E-state index in [2.05, 4.69) is 13.8 Å². The molecule has 1 aromatic carbocycles. The van der Waals surface area contributed by atoms with Crippen LogP contribution in [0, 0.1) is 39.8 Å². The topological polar surface area (TPSA) is 108 Å². The Bertz CT molecular complexity index is 1190. The Labute approximate surface area is 235 Å². The van der Waals surface area contributed by atoms with Crippen molar-refractivity contribution < 1.29 is 42.7 Å². The van der Waals surface area contributed by atoms with E-state index in [4.69, 9.17) is 18.9 Å². The van der Waals surface area contributed by atoms with E-state index in [0.29, 0.717) is 5.56 Å². The van der Waals surface area contributed by atoms with E-state index in [0.717, 1.165) is 32.0 Å². The van der Waals surface area contributed by atoms with Crippen LogP contribution < -0.4 is 10.2 Å². The minimum atomic E-state index is -1.39. The van der Waals surface area contributed by atoms with E-state index in [-0.39, 0.29) is 65.7 Å². The van der Waals surface area contributed by atoms with Gasteiger partial charge in [0.1, 0.15) is 18.2 Å². The minimum Gasteiger partial charge on any atom is -0.479 e. The highest BCUT2D eigenvalue weighted by molar-refractivity contribution is 6.61. The highest BCUT2D eigenvalue weighted by atomic mass is 19.1. The molecule has 40 heavy (non-hydrogen) atoms. The zero-order chi connectivity index (χ0) is 29.0. The van der Waals surface area contributed by atoms with Crippen molar-refractivity contribution in [2.75, 3.05) is 13.7 Å². The van der Waals surface area contributed by atoms with Gasteiger partial charge in [-0.25, -0.2) is 9.18 Å². The van der Waals surface area contributed by atoms with Crippen LogP contribution in [-0.4, -0.2) is 56.1 Å². The lowest BCUT2D eigenvalue weighted by Gasteiger charge is -2.61. The maximum Gasteiger partial charge on any atom is 0.494 e. The number of ether oxygens (including phenoxy) is 3. The normalized spacial score (nSPS) is 38.7. The van der Waals surface area contributed by atoms with E-state index in [1.807, 2.05) is 13.8 Å². The van der Waals surface area contributed by atoms with Crippen molar-refractivity contribution in [3.05, 3.63) is 23.5 Å². The number of aldehydes is 1. The van der Waals surface area contributed by atoms with Gasteiger partial charge in [0.05, 0.1) is 12.7 Å². The molecule has 4 aliphatic rings. The number of fused-ring (bicyclic) bond motifs is 1. The third-order valence-corrected chi connectivity index (χ3v) is 11.2. The average molecular weight is 558 g/mol. The Morgan fingerprint density at radius 3 is 2.67 bits per heavy atom. The maximum atomic E-state index is 15.0. The van der Waals surface area contributed by atoms with Crippen LogP contribution in [0.4, 0.5) is 4.39 Å². The summed E-state index contributed by atoms with van der Waals surface area (Å²) in [5.74, 6) is -1.70. The number of benzene rings is 1. The van der Waals surface area contributed by atoms with E-state index < -0.39 is 42.4 Å². The maximum absolute atomic E-state index is 15.0. The molecule has 1 N–H and O–H groups in total. The molecule has 1 aromatic rings. The molecule has 0 amide bonds. The lowest BCUT2D eigenvalue weighted by molar-refractivity contribution is -0.207. The summed E-state index contributed by atoms with van der Waals surface area (Å²) in [6, 6.07) is 3.00. The van der Waals surface area contributed by atoms with Crippen LogP contribution in [0.1, 0.15) is 71.8 Å². The van der Waals surface area contributed by atoms with E-state index >= 15 is 4.39 Å². The van der Waals surface area contributed by atoms with Gasteiger partial charge in [0.25, 0.3) is 0 Å². The van der Waals surface area contributed by atoms with Crippen LogP contribution >= 0.6 is 0 Å². The molecular formula is C30H40BFO8. The van der Waals surface area contributed by atoms with Crippen molar-refractivity contribution in [1.29, 1.82) is 0 Å². The number of ketones is 1. The number of carbonyl (C=O) groups is 3. The Balaban J connectivity index is 1.47. The number of esters is 1. The van der Waals surface area contributed by atoms with Gasteiger partial charge in [0.15, 0.2) is 18.2 Å². The minimum absolute atomic E-state index is 0.00914. The molecule has 5 rings (SSSR count). The number of methoxy groups -OCH3 is 1. The summed E-state index contributed by atoms with van der Waals surface area (Å²) in [5, 5.41) is 9.94. The van der Waals surface area contributed by atoms with Gasteiger partial charge in [-0.15, -0.1) is 0 Å². The second-order valence-corrected chi connectivity index (χ2v) is 12.9. The number of halogens is 1. The average Bonchev–Trinajstić information content (AvgIpc) is 3.51. The molecule has 1 heterocycles.